The summed E-state index contributed by atoms with van der Waals surface area (Å²) in [5.41, 5.74) is 1.82. The van der Waals surface area contributed by atoms with E-state index in [9.17, 15) is 4.79 Å². The number of nitrogens with zero attached hydrogens (tertiary/aromatic N) is 1. The maximum absolute atomic E-state index is 11.1. The van der Waals surface area contributed by atoms with Gasteiger partial charge in [0.1, 0.15) is 0 Å². The number of carbonyl (C=O) groups is 1. The highest BCUT2D eigenvalue weighted by atomic mass is 16.2. The van der Waals surface area contributed by atoms with Gasteiger partial charge in [0.2, 0.25) is 5.91 Å². The molecule has 0 spiro atoms. The predicted molar refractivity (Wildman–Crippen MR) is 59.0 cm³/mol. The lowest BCUT2D eigenvalue weighted by molar-refractivity contribution is -0.128. The Labute approximate surface area is 87.0 Å². The second-order valence-corrected chi connectivity index (χ2v) is 4.68. The molecule has 1 aliphatic rings. The second-order valence-electron chi connectivity index (χ2n) is 4.68. The zero-order valence-corrected chi connectivity index (χ0v) is 9.76. The zero-order chi connectivity index (χ0) is 10.8. The molecule has 2 heteroatoms. The molecule has 1 rings (SSSR count). The van der Waals surface area contributed by atoms with E-state index in [1.54, 1.807) is 6.92 Å². The highest BCUT2D eigenvalue weighted by molar-refractivity contribution is 5.73. The van der Waals surface area contributed by atoms with E-state index >= 15 is 0 Å². The molecule has 0 unspecified atom stereocenters. The third-order valence-corrected chi connectivity index (χ3v) is 3.41. The molecule has 1 amide bonds. The van der Waals surface area contributed by atoms with E-state index in [0.29, 0.717) is 5.41 Å². The van der Waals surface area contributed by atoms with Crippen molar-refractivity contribution < 1.29 is 4.79 Å². The lowest BCUT2D eigenvalue weighted by Crippen LogP contribution is -2.35. The van der Waals surface area contributed by atoms with Gasteiger partial charge in [-0.1, -0.05) is 32.4 Å². The van der Waals surface area contributed by atoms with Crippen molar-refractivity contribution in [2.45, 2.75) is 40.5 Å². The molecule has 0 radical (unpaired) electrons. The van der Waals surface area contributed by atoms with Crippen molar-refractivity contribution >= 4 is 5.91 Å². The highest BCUT2D eigenvalue weighted by Gasteiger charge is 2.24. The van der Waals surface area contributed by atoms with Crippen LogP contribution in [0.4, 0.5) is 0 Å². The first-order chi connectivity index (χ1) is 6.47. The average molecular weight is 195 g/mol. The number of amides is 1. The lowest BCUT2D eigenvalue weighted by atomic mass is 9.79. The van der Waals surface area contributed by atoms with Gasteiger partial charge in [0, 0.05) is 20.0 Å². The molecule has 2 nitrogen and oxygen atoms in total. The molecule has 0 N–H and O–H groups in total. The maximum atomic E-state index is 11.1. The maximum Gasteiger partial charge on any atom is 0.219 e. The first-order valence-electron chi connectivity index (χ1n) is 5.42. The summed E-state index contributed by atoms with van der Waals surface area (Å²) in [6.07, 6.45) is 4.44. The van der Waals surface area contributed by atoms with Crippen LogP contribution in [-0.4, -0.2) is 23.9 Å². The van der Waals surface area contributed by atoms with Crippen molar-refractivity contribution in [2.24, 2.45) is 5.41 Å². The molecule has 0 atom stereocenters. The molecule has 0 aromatic heterocycles. The molecule has 0 fully saturated rings. The smallest absolute Gasteiger partial charge is 0.219 e. The van der Waals surface area contributed by atoms with Crippen LogP contribution in [0.15, 0.2) is 11.6 Å². The molecule has 0 aromatic carbocycles. The van der Waals surface area contributed by atoms with Crippen LogP contribution in [0.5, 0.6) is 0 Å². The van der Waals surface area contributed by atoms with Crippen molar-refractivity contribution in [1.29, 1.82) is 0 Å². The minimum Gasteiger partial charge on any atom is -0.339 e. The lowest BCUT2D eigenvalue weighted by Gasteiger charge is -2.33. The van der Waals surface area contributed by atoms with E-state index in [2.05, 4.69) is 26.8 Å². The number of carbonyl (C=O) groups excluding carboxylic acids is 1. The Kier molecular flexibility index (Phi) is 3.35. The van der Waals surface area contributed by atoms with Crippen molar-refractivity contribution in [1.82, 2.24) is 4.90 Å². The summed E-state index contributed by atoms with van der Waals surface area (Å²) >= 11 is 0. The molecular weight excluding hydrogens is 174 g/mol. The van der Waals surface area contributed by atoms with E-state index in [-0.39, 0.29) is 5.91 Å². The molecule has 14 heavy (non-hydrogen) atoms. The van der Waals surface area contributed by atoms with Crippen LogP contribution in [-0.2, 0) is 4.79 Å². The summed E-state index contributed by atoms with van der Waals surface area (Å²) in [4.78, 5) is 13.0. The zero-order valence-electron chi connectivity index (χ0n) is 9.76. The average Bonchev–Trinajstić information content (AvgIpc) is 2.18. The summed E-state index contributed by atoms with van der Waals surface area (Å²) in [6.45, 7) is 10.1. The monoisotopic (exact) mass is 195 g/mol. The molecular formula is C12H21NO. The van der Waals surface area contributed by atoms with Crippen molar-refractivity contribution in [2.75, 3.05) is 13.1 Å². The molecule has 0 bridgehead atoms. The van der Waals surface area contributed by atoms with Gasteiger partial charge >= 0.3 is 0 Å². The Bertz CT molecular complexity index is 253. The van der Waals surface area contributed by atoms with Crippen LogP contribution in [0.3, 0.4) is 0 Å². The summed E-state index contributed by atoms with van der Waals surface area (Å²) < 4.78 is 0. The fourth-order valence-corrected chi connectivity index (χ4v) is 1.80. The van der Waals surface area contributed by atoms with Gasteiger partial charge in [0.25, 0.3) is 0 Å². The Morgan fingerprint density at radius 3 is 2.57 bits per heavy atom. The van der Waals surface area contributed by atoms with Gasteiger partial charge in [-0.25, -0.2) is 0 Å². The molecule has 1 heterocycles. The quantitative estimate of drug-likeness (QED) is 0.620. The Hall–Kier alpha value is -0.790. The third-order valence-electron chi connectivity index (χ3n) is 3.41. The number of hydrogen-bond donors (Lipinski definition) is 0. The molecule has 0 aliphatic carbocycles. The van der Waals surface area contributed by atoms with Crippen LogP contribution in [0.25, 0.3) is 0 Å². The van der Waals surface area contributed by atoms with Gasteiger partial charge < -0.3 is 4.90 Å². The molecule has 0 saturated heterocycles. The van der Waals surface area contributed by atoms with Gasteiger partial charge in [0.15, 0.2) is 0 Å². The minimum absolute atomic E-state index is 0.189. The number of rotatable bonds is 2. The third kappa shape index (κ3) is 2.37. The van der Waals surface area contributed by atoms with E-state index in [1.807, 2.05) is 4.90 Å². The first kappa shape index (κ1) is 11.3. The van der Waals surface area contributed by atoms with Crippen LogP contribution in [0.2, 0.25) is 0 Å². The summed E-state index contributed by atoms with van der Waals surface area (Å²) in [7, 11) is 0. The summed E-state index contributed by atoms with van der Waals surface area (Å²) in [5.74, 6) is 0.189. The van der Waals surface area contributed by atoms with E-state index in [0.717, 1.165) is 19.5 Å². The van der Waals surface area contributed by atoms with Gasteiger partial charge in [-0.15, -0.1) is 0 Å². The van der Waals surface area contributed by atoms with Gasteiger partial charge in [0.05, 0.1) is 0 Å². The second kappa shape index (κ2) is 4.16. The van der Waals surface area contributed by atoms with Crippen LogP contribution >= 0.6 is 0 Å². The van der Waals surface area contributed by atoms with E-state index < -0.39 is 0 Å². The highest BCUT2D eigenvalue weighted by Crippen LogP contribution is 2.33. The normalized spacial score (nSPS) is 18.0. The topological polar surface area (TPSA) is 20.3 Å². The molecule has 80 valence electrons. The van der Waals surface area contributed by atoms with Crippen molar-refractivity contribution in [3.05, 3.63) is 11.6 Å². The van der Waals surface area contributed by atoms with Crippen molar-refractivity contribution in [3.63, 3.8) is 0 Å². The van der Waals surface area contributed by atoms with Crippen LogP contribution in [0, 0.1) is 5.41 Å². The van der Waals surface area contributed by atoms with Gasteiger partial charge in [-0.3, -0.25) is 4.79 Å². The van der Waals surface area contributed by atoms with Gasteiger partial charge in [-0.05, 0) is 18.3 Å². The van der Waals surface area contributed by atoms with Crippen molar-refractivity contribution in [3.8, 4) is 0 Å². The van der Waals surface area contributed by atoms with Crippen LogP contribution in [0.1, 0.15) is 40.5 Å². The first-order valence-corrected chi connectivity index (χ1v) is 5.42. The molecule has 0 saturated carbocycles. The Morgan fingerprint density at radius 1 is 1.57 bits per heavy atom. The van der Waals surface area contributed by atoms with Crippen LogP contribution < -0.4 is 0 Å². The fourth-order valence-electron chi connectivity index (χ4n) is 1.80. The fraction of sp³-hybridized carbons (Fsp3) is 0.750. The Balaban J connectivity index is 2.66. The SMILES string of the molecule is CCC(C)(C)C1=CCN(C(C)=O)CC1. The standard InChI is InChI=1S/C12H21NO/c1-5-12(3,4)11-6-8-13(9-7-11)10(2)14/h6H,5,7-9H2,1-4H3. The Morgan fingerprint density at radius 2 is 2.21 bits per heavy atom. The minimum atomic E-state index is 0.189. The van der Waals surface area contributed by atoms with E-state index in [1.165, 1.54) is 12.0 Å². The molecule has 0 aromatic rings. The summed E-state index contributed by atoms with van der Waals surface area (Å²) in [6, 6.07) is 0. The summed E-state index contributed by atoms with van der Waals surface area (Å²) in [5, 5.41) is 0. The largest absolute Gasteiger partial charge is 0.339 e. The van der Waals surface area contributed by atoms with Gasteiger partial charge in [-0.2, -0.15) is 0 Å². The predicted octanol–water partition coefficient (Wildman–Crippen LogP) is 2.60. The molecule has 1 aliphatic heterocycles. The number of hydrogen-bond acceptors (Lipinski definition) is 1. The van der Waals surface area contributed by atoms with E-state index in [4.69, 9.17) is 0 Å².